The summed E-state index contributed by atoms with van der Waals surface area (Å²) in [7, 11) is -0.262. The van der Waals surface area contributed by atoms with Gasteiger partial charge in [0.05, 0.1) is 12.2 Å². The molecule has 0 amide bonds. The Morgan fingerprint density at radius 3 is 2.00 bits per heavy atom. The third-order valence-corrected chi connectivity index (χ3v) is 5.35. The van der Waals surface area contributed by atoms with E-state index in [-0.39, 0.29) is 6.16 Å². The zero-order chi connectivity index (χ0) is 16.7. The van der Waals surface area contributed by atoms with E-state index >= 15 is 0 Å². The molecule has 5 heteroatoms. The first-order valence-electron chi connectivity index (χ1n) is 7.06. The van der Waals surface area contributed by atoms with Gasteiger partial charge in [0.15, 0.2) is 0 Å². The summed E-state index contributed by atoms with van der Waals surface area (Å²) in [6.45, 7) is 0. The standard InChI is InChI=1S/C18H18NO3P/c1-21-23(20,22-2)14-16-7-11-18(12-8-16)17-9-5-15(6-10-17)4-3-13-19/h3-12H,14H2,1-2H3. The average Bonchev–Trinajstić information content (AvgIpc) is 2.61. The van der Waals surface area contributed by atoms with Crippen molar-refractivity contribution >= 4 is 13.7 Å². The van der Waals surface area contributed by atoms with Crippen LogP contribution in [0.2, 0.25) is 0 Å². The lowest BCUT2D eigenvalue weighted by Gasteiger charge is -2.13. The maximum absolute atomic E-state index is 12.1. The van der Waals surface area contributed by atoms with Crippen LogP contribution in [0, 0.1) is 11.3 Å². The van der Waals surface area contributed by atoms with Crippen molar-refractivity contribution in [1.29, 1.82) is 5.26 Å². The van der Waals surface area contributed by atoms with E-state index in [2.05, 4.69) is 0 Å². The van der Waals surface area contributed by atoms with Crippen molar-refractivity contribution in [3.8, 4) is 17.2 Å². The van der Waals surface area contributed by atoms with Gasteiger partial charge in [0.25, 0.3) is 0 Å². The molecule has 0 saturated carbocycles. The molecule has 0 aliphatic carbocycles. The highest BCUT2D eigenvalue weighted by Crippen LogP contribution is 2.49. The van der Waals surface area contributed by atoms with E-state index in [1.165, 1.54) is 20.3 Å². The molecular weight excluding hydrogens is 309 g/mol. The van der Waals surface area contributed by atoms with Gasteiger partial charge in [-0.15, -0.1) is 0 Å². The Morgan fingerprint density at radius 2 is 1.52 bits per heavy atom. The molecule has 0 bridgehead atoms. The minimum absolute atomic E-state index is 0.248. The van der Waals surface area contributed by atoms with Crippen LogP contribution in [0.3, 0.4) is 0 Å². The molecule has 0 saturated heterocycles. The Bertz CT molecular complexity index is 750. The molecule has 0 spiro atoms. The molecular formula is C18H18NO3P. The van der Waals surface area contributed by atoms with Crippen molar-refractivity contribution in [2.24, 2.45) is 0 Å². The highest BCUT2D eigenvalue weighted by Gasteiger charge is 2.21. The minimum Gasteiger partial charge on any atom is -0.312 e. The molecule has 0 fully saturated rings. The van der Waals surface area contributed by atoms with Crippen LogP contribution in [-0.4, -0.2) is 14.2 Å². The Labute approximate surface area is 136 Å². The second kappa shape index (κ2) is 7.89. The molecule has 0 atom stereocenters. The van der Waals surface area contributed by atoms with E-state index in [0.29, 0.717) is 0 Å². The number of nitrogens with zero attached hydrogens (tertiary/aromatic N) is 1. The fourth-order valence-corrected chi connectivity index (χ4v) is 3.22. The number of hydrogen-bond acceptors (Lipinski definition) is 4. The van der Waals surface area contributed by atoms with Crippen LogP contribution in [0.15, 0.2) is 54.6 Å². The summed E-state index contributed by atoms with van der Waals surface area (Å²) in [5.41, 5.74) is 4.02. The van der Waals surface area contributed by atoms with Crippen molar-refractivity contribution in [1.82, 2.24) is 0 Å². The Kier molecular flexibility index (Phi) is 5.90. The van der Waals surface area contributed by atoms with Gasteiger partial charge in [-0.25, -0.2) is 0 Å². The number of rotatable bonds is 6. The van der Waals surface area contributed by atoms with Crippen LogP contribution < -0.4 is 0 Å². The number of benzene rings is 2. The summed E-state index contributed by atoms with van der Waals surface area (Å²) < 4.78 is 22.0. The number of nitriles is 1. The van der Waals surface area contributed by atoms with Gasteiger partial charge in [-0.2, -0.15) is 5.26 Å². The van der Waals surface area contributed by atoms with Crippen LogP contribution >= 0.6 is 7.60 Å². The summed E-state index contributed by atoms with van der Waals surface area (Å²) in [4.78, 5) is 0. The molecule has 0 unspecified atom stereocenters. The summed E-state index contributed by atoms with van der Waals surface area (Å²) in [6, 6.07) is 17.7. The lowest BCUT2D eigenvalue weighted by atomic mass is 10.0. The zero-order valence-corrected chi connectivity index (χ0v) is 14.0. The van der Waals surface area contributed by atoms with E-state index in [1.54, 1.807) is 6.08 Å². The lowest BCUT2D eigenvalue weighted by molar-refractivity contribution is 0.275. The molecule has 0 radical (unpaired) electrons. The quantitative estimate of drug-likeness (QED) is 0.560. The third-order valence-electron chi connectivity index (χ3n) is 3.48. The van der Waals surface area contributed by atoms with Gasteiger partial charge in [-0.1, -0.05) is 48.5 Å². The normalized spacial score (nSPS) is 11.5. The largest absolute Gasteiger partial charge is 0.334 e. The second-order valence-electron chi connectivity index (χ2n) is 4.92. The zero-order valence-electron chi connectivity index (χ0n) is 13.1. The molecule has 2 aromatic rings. The van der Waals surface area contributed by atoms with Gasteiger partial charge < -0.3 is 9.05 Å². The topological polar surface area (TPSA) is 59.3 Å². The van der Waals surface area contributed by atoms with Gasteiger partial charge in [-0.05, 0) is 28.3 Å². The summed E-state index contributed by atoms with van der Waals surface area (Å²) in [6.07, 6.45) is 3.46. The summed E-state index contributed by atoms with van der Waals surface area (Å²) in [5.74, 6) is 0. The van der Waals surface area contributed by atoms with Crippen LogP contribution in [0.1, 0.15) is 11.1 Å². The van der Waals surface area contributed by atoms with Gasteiger partial charge >= 0.3 is 7.60 Å². The average molecular weight is 327 g/mol. The molecule has 2 aromatic carbocycles. The van der Waals surface area contributed by atoms with Gasteiger partial charge in [-0.3, -0.25) is 4.57 Å². The first kappa shape index (κ1) is 17.2. The van der Waals surface area contributed by atoms with Gasteiger partial charge in [0.1, 0.15) is 0 Å². The van der Waals surface area contributed by atoms with Crippen LogP contribution in [-0.2, 0) is 19.8 Å². The van der Waals surface area contributed by atoms with Gasteiger partial charge in [0, 0.05) is 20.3 Å². The van der Waals surface area contributed by atoms with Gasteiger partial charge in [0.2, 0.25) is 0 Å². The molecule has 2 rings (SSSR count). The first-order valence-corrected chi connectivity index (χ1v) is 8.79. The SMILES string of the molecule is COP(=O)(Cc1ccc(-c2ccc(C=CC#N)cc2)cc1)OC. The van der Waals surface area contributed by atoms with E-state index in [9.17, 15) is 4.57 Å². The van der Waals surface area contributed by atoms with E-state index in [1.807, 2.05) is 54.6 Å². The number of allylic oxidation sites excluding steroid dienone is 1. The molecule has 4 nitrogen and oxygen atoms in total. The minimum atomic E-state index is -3.04. The molecule has 0 N–H and O–H groups in total. The smallest absolute Gasteiger partial charge is 0.312 e. The Hall–Kier alpha value is -2.18. The number of hydrogen-bond donors (Lipinski definition) is 0. The first-order chi connectivity index (χ1) is 11.1. The van der Waals surface area contributed by atoms with Crippen LogP contribution in [0.4, 0.5) is 0 Å². The summed E-state index contributed by atoms with van der Waals surface area (Å²) >= 11 is 0. The van der Waals surface area contributed by atoms with Crippen molar-refractivity contribution < 1.29 is 13.6 Å². The third kappa shape index (κ3) is 4.64. The molecule has 0 aliphatic rings. The predicted octanol–water partition coefficient (Wildman–Crippen LogP) is 4.88. The Balaban J connectivity index is 2.15. The second-order valence-corrected chi connectivity index (χ2v) is 7.18. The van der Waals surface area contributed by atoms with E-state index in [0.717, 1.165) is 22.3 Å². The van der Waals surface area contributed by atoms with Crippen LogP contribution in [0.25, 0.3) is 17.2 Å². The molecule has 0 aliphatic heterocycles. The summed E-state index contributed by atoms with van der Waals surface area (Å²) in [5, 5.41) is 8.53. The monoisotopic (exact) mass is 327 g/mol. The highest BCUT2D eigenvalue weighted by molar-refractivity contribution is 7.52. The highest BCUT2D eigenvalue weighted by atomic mass is 31.2. The molecule has 23 heavy (non-hydrogen) atoms. The van der Waals surface area contributed by atoms with E-state index in [4.69, 9.17) is 14.3 Å². The maximum atomic E-state index is 12.1. The maximum Gasteiger partial charge on any atom is 0.334 e. The van der Waals surface area contributed by atoms with Crippen molar-refractivity contribution in [3.63, 3.8) is 0 Å². The van der Waals surface area contributed by atoms with E-state index < -0.39 is 7.60 Å². The fraction of sp³-hybridized carbons (Fsp3) is 0.167. The molecule has 0 aromatic heterocycles. The van der Waals surface area contributed by atoms with Crippen LogP contribution in [0.5, 0.6) is 0 Å². The predicted molar refractivity (Wildman–Crippen MR) is 91.9 cm³/mol. The fourth-order valence-electron chi connectivity index (χ4n) is 2.15. The van der Waals surface area contributed by atoms with Crippen molar-refractivity contribution in [3.05, 3.63) is 65.7 Å². The van der Waals surface area contributed by atoms with Crippen molar-refractivity contribution in [2.75, 3.05) is 14.2 Å². The molecule has 118 valence electrons. The Morgan fingerprint density at radius 1 is 1.00 bits per heavy atom. The van der Waals surface area contributed by atoms with Crippen molar-refractivity contribution in [2.45, 2.75) is 6.16 Å². The molecule has 0 heterocycles. The lowest BCUT2D eigenvalue weighted by Crippen LogP contribution is -1.93.